The monoisotopic (exact) mass is 410 g/mol. The molecule has 7 heteroatoms. The van der Waals surface area contributed by atoms with Gasteiger partial charge in [0, 0.05) is 12.3 Å². The van der Waals surface area contributed by atoms with Gasteiger partial charge in [-0.25, -0.2) is 9.78 Å². The summed E-state index contributed by atoms with van der Waals surface area (Å²) in [5.74, 6) is 0.117. The first-order valence-electron chi connectivity index (χ1n) is 9.18. The van der Waals surface area contributed by atoms with Crippen LogP contribution in [0.3, 0.4) is 0 Å². The zero-order valence-electron chi connectivity index (χ0n) is 16.5. The minimum atomic E-state index is -0.442. The Hall–Kier alpha value is -3.19. The lowest BCUT2D eigenvalue weighted by molar-refractivity contribution is -0.115. The number of rotatable bonds is 7. The van der Waals surface area contributed by atoms with E-state index in [-0.39, 0.29) is 18.6 Å². The first-order chi connectivity index (χ1) is 13.9. The van der Waals surface area contributed by atoms with E-state index < -0.39 is 5.97 Å². The average molecular weight is 410 g/mol. The molecule has 0 bridgehead atoms. The van der Waals surface area contributed by atoms with Crippen LogP contribution in [0.15, 0.2) is 60.0 Å². The summed E-state index contributed by atoms with van der Waals surface area (Å²) in [6.07, 6.45) is 0.0668. The number of esters is 1. The van der Waals surface area contributed by atoms with E-state index in [0.717, 1.165) is 5.69 Å². The highest BCUT2D eigenvalue weighted by molar-refractivity contribution is 7.14. The van der Waals surface area contributed by atoms with Gasteiger partial charge in [0.05, 0.1) is 23.0 Å². The van der Waals surface area contributed by atoms with Crippen molar-refractivity contribution < 1.29 is 19.1 Å². The van der Waals surface area contributed by atoms with Crippen molar-refractivity contribution in [1.82, 2.24) is 4.98 Å². The maximum Gasteiger partial charge on any atom is 0.338 e. The number of ether oxygens (including phenoxy) is 2. The van der Waals surface area contributed by atoms with Crippen LogP contribution in [0, 0.1) is 0 Å². The fraction of sp³-hybridized carbons (Fsp3) is 0.227. The summed E-state index contributed by atoms with van der Waals surface area (Å²) in [6.45, 7) is 5.39. The molecular formula is C22H22N2O4S. The highest BCUT2D eigenvalue weighted by atomic mass is 32.1. The van der Waals surface area contributed by atoms with Crippen LogP contribution in [0.1, 0.15) is 36.8 Å². The van der Waals surface area contributed by atoms with Crippen LogP contribution in [-0.2, 0) is 16.1 Å². The predicted octanol–water partition coefficient (Wildman–Crippen LogP) is 4.97. The molecule has 0 aliphatic heterocycles. The minimum absolute atomic E-state index is 0.0279. The maximum atomic E-state index is 12.3. The predicted molar refractivity (Wildman–Crippen MR) is 113 cm³/mol. The third-order valence-electron chi connectivity index (χ3n) is 3.87. The summed E-state index contributed by atoms with van der Waals surface area (Å²) in [4.78, 5) is 30.3. The molecule has 0 fully saturated rings. The van der Waals surface area contributed by atoms with Crippen LogP contribution in [0.25, 0.3) is 0 Å². The molecule has 0 saturated heterocycles. The normalized spacial score (nSPS) is 10.6. The van der Waals surface area contributed by atoms with Crippen LogP contribution in [0.2, 0.25) is 0 Å². The Labute approximate surface area is 173 Å². The number of thiazole rings is 1. The Morgan fingerprint density at radius 2 is 1.76 bits per heavy atom. The standard InChI is InChI=1S/C22H22N2O4S/c1-15(2)28-20-11-9-17(10-12-20)21(26)27-13-18-14-29-22(23-18)24(16(3)25)19-7-5-4-6-8-19/h4-12,14-15H,13H2,1-3H3. The second-order valence-corrected chi connectivity index (χ2v) is 7.42. The van der Waals surface area contributed by atoms with E-state index >= 15 is 0 Å². The Morgan fingerprint density at radius 3 is 2.38 bits per heavy atom. The molecule has 1 amide bonds. The van der Waals surface area contributed by atoms with Gasteiger partial charge in [-0.3, -0.25) is 9.69 Å². The molecule has 0 unspecified atom stereocenters. The molecule has 6 nitrogen and oxygen atoms in total. The Kier molecular flexibility index (Phi) is 6.61. The maximum absolute atomic E-state index is 12.3. The number of hydrogen-bond donors (Lipinski definition) is 0. The molecule has 3 aromatic rings. The number of amides is 1. The van der Waals surface area contributed by atoms with Gasteiger partial charge in [0.2, 0.25) is 5.91 Å². The molecule has 0 atom stereocenters. The molecular weight excluding hydrogens is 388 g/mol. The molecule has 2 aromatic carbocycles. The van der Waals surface area contributed by atoms with Crippen LogP contribution in [0.5, 0.6) is 5.75 Å². The van der Waals surface area contributed by atoms with Crippen molar-refractivity contribution in [2.45, 2.75) is 33.5 Å². The molecule has 29 heavy (non-hydrogen) atoms. The molecule has 0 N–H and O–H groups in total. The first kappa shape index (κ1) is 20.5. The summed E-state index contributed by atoms with van der Waals surface area (Å²) in [5, 5.41) is 2.31. The molecule has 0 aliphatic carbocycles. The SMILES string of the molecule is CC(=O)N(c1ccccc1)c1nc(COC(=O)c2ccc(OC(C)C)cc2)cs1. The molecule has 3 rings (SSSR count). The Morgan fingerprint density at radius 1 is 1.07 bits per heavy atom. The van der Waals surface area contributed by atoms with Crippen molar-refractivity contribution >= 4 is 34.0 Å². The minimum Gasteiger partial charge on any atom is -0.491 e. The number of benzene rings is 2. The van der Waals surface area contributed by atoms with Gasteiger partial charge in [0.25, 0.3) is 0 Å². The third kappa shape index (κ3) is 5.42. The van der Waals surface area contributed by atoms with E-state index in [1.54, 1.807) is 29.6 Å². The van der Waals surface area contributed by atoms with Gasteiger partial charge in [0.15, 0.2) is 5.13 Å². The van der Waals surface area contributed by atoms with E-state index in [0.29, 0.717) is 22.1 Å². The average Bonchev–Trinajstić information content (AvgIpc) is 3.15. The summed E-state index contributed by atoms with van der Waals surface area (Å²) in [7, 11) is 0. The molecule has 0 saturated carbocycles. The van der Waals surface area contributed by atoms with E-state index in [4.69, 9.17) is 9.47 Å². The second kappa shape index (κ2) is 9.34. The van der Waals surface area contributed by atoms with Gasteiger partial charge >= 0.3 is 5.97 Å². The van der Waals surface area contributed by atoms with E-state index in [1.165, 1.54) is 23.2 Å². The fourth-order valence-corrected chi connectivity index (χ4v) is 3.51. The Balaban J connectivity index is 1.64. The first-order valence-corrected chi connectivity index (χ1v) is 10.1. The molecule has 0 aliphatic rings. The number of carbonyl (C=O) groups is 2. The van der Waals surface area contributed by atoms with Gasteiger partial charge in [-0.05, 0) is 50.2 Å². The molecule has 1 heterocycles. The van der Waals surface area contributed by atoms with Crippen LogP contribution in [0.4, 0.5) is 10.8 Å². The third-order valence-corrected chi connectivity index (χ3v) is 4.75. The van der Waals surface area contributed by atoms with Crippen molar-refractivity contribution in [3.8, 4) is 5.75 Å². The summed E-state index contributed by atoms with van der Waals surface area (Å²) in [5.41, 5.74) is 1.76. The zero-order valence-corrected chi connectivity index (χ0v) is 17.3. The lowest BCUT2D eigenvalue weighted by Gasteiger charge is -2.17. The summed E-state index contributed by atoms with van der Waals surface area (Å²) in [6, 6.07) is 16.1. The van der Waals surface area contributed by atoms with E-state index in [2.05, 4.69) is 4.98 Å². The van der Waals surface area contributed by atoms with Gasteiger partial charge in [0.1, 0.15) is 12.4 Å². The van der Waals surface area contributed by atoms with E-state index in [1.807, 2.05) is 44.2 Å². The van der Waals surface area contributed by atoms with Gasteiger partial charge in [-0.1, -0.05) is 18.2 Å². The number of aromatic nitrogens is 1. The lowest BCUT2D eigenvalue weighted by Crippen LogP contribution is -2.22. The number of para-hydroxylation sites is 1. The van der Waals surface area contributed by atoms with Crippen molar-refractivity contribution in [2.75, 3.05) is 4.90 Å². The van der Waals surface area contributed by atoms with Crippen molar-refractivity contribution in [3.63, 3.8) is 0 Å². The topological polar surface area (TPSA) is 68.7 Å². The summed E-state index contributed by atoms with van der Waals surface area (Å²) >= 11 is 1.32. The summed E-state index contributed by atoms with van der Waals surface area (Å²) < 4.78 is 10.9. The zero-order chi connectivity index (χ0) is 20.8. The second-order valence-electron chi connectivity index (χ2n) is 6.58. The number of hydrogen-bond acceptors (Lipinski definition) is 6. The fourth-order valence-electron chi connectivity index (χ4n) is 2.63. The highest BCUT2D eigenvalue weighted by Gasteiger charge is 2.18. The van der Waals surface area contributed by atoms with Crippen LogP contribution < -0.4 is 9.64 Å². The van der Waals surface area contributed by atoms with Gasteiger partial charge in [-0.15, -0.1) is 11.3 Å². The quantitative estimate of drug-likeness (QED) is 0.514. The van der Waals surface area contributed by atoms with Crippen LogP contribution >= 0.6 is 11.3 Å². The van der Waals surface area contributed by atoms with Gasteiger partial charge < -0.3 is 9.47 Å². The van der Waals surface area contributed by atoms with Crippen molar-refractivity contribution in [1.29, 1.82) is 0 Å². The highest BCUT2D eigenvalue weighted by Crippen LogP contribution is 2.29. The van der Waals surface area contributed by atoms with E-state index in [9.17, 15) is 9.59 Å². The van der Waals surface area contributed by atoms with Gasteiger partial charge in [-0.2, -0.15) is 0 Å². The largest absolute Gasteiger partial charge is 0.491 e. The Bertz CT molecular complexity index is 968. The molecule has 150 valence electrons. The van der Waals surface area contributed by atoms with Crippen molar-refractivity contribution in [3.05, 3.63) is 71.2 Å². The lowest BCUT2D eigenvalue weighted by atomic mass is 10.2. The molecule has 1 aromatic heterocycles. The number of carbonyl (C=O) groups excluding carboxylic acids is 2. The van der Waals surface area contributed by atoms with Crippen LogP contribution in [-0.4, -0.2) is 23.0 Å². The smallest absolute Gasteiger partial charge is 0.338 e. The molecule has 0 radical (unpaired) electrons. The molecule has 0 spiro atoms. The van der Waals surface area contributed by atoms with Crippen molar-refractivity contribution in [2.24, 2.45) is 0 Å². The number of nitrogens with zero attached hydrogens (tertiary/aromatic N) is 2. The number of anilines is 2.